The Morgan fingerprint density at radius 3 is 2.57 bits per heavy atom. The first-order valence-electron chi connectivity index (χ1n) is 9.06. The van der Waals surface area contributed by atoms with Crippen LogP contribution in [-0.4, -0.2) is 29.2 Å². The first-order valence-corrected chi connectivity index (χ1v) is 9.06. The Balaban J connectivity index is 1.41. The van der Waals surface area contributed by atoms with Gasteiger partial charge < -0.3 is 19.7 Å². The van der Waals surface area contributed by atoms with Gasteiger partial charge in [0, 0.05) is 31.2 Å². The van der Waals surface area contributed by atoms with Gasteiger partial charge in [0.05, 0.1) is 5.56 Å². The zero-order valence-corrected chi connectivity index (χ0v) is 15.5. The second kappa shape index (κ2) is 7.96. The van der Waals surface area contributed by atoms with Gasteiger partial charge in [-0.25, -0.2) is 9.97 Å². The molecule has 4 rings (SSSR count). The van der Waals surface area contributed by atoms with Gasteiger partial charge >= 0.3 is 0 Å². The maximum absolute atomic E-state index is 12.8. The molecule has 7 nitrogen and oxygen atoms in total. The smallest absolute Gasteiger partial charge is 0.261 e. The first kappa shape index (κ1) is 17.8. The van der Waals surface area contributed by atoms with E-state index in [1.165, 1.54) is 0 Å². The summed E-state index contributed by atoms with van der Waals surface area (Å²) in [4.78, 5) is 23.0. The minimum Gasteiger partial charge on any atom is -0.454 e. The number of para-hydroxylation sites is 1. The molecule has 2 aromatic carbocycles. The lowest BCUT2D eigenvalue weighted by Gasteiger charge is -2.20. The Bertz CT molecular complexity index is 961. The van der Waals surface area contributed by atoms with E-state index in [9.17, 15) is 4.79 Å². The summed E-state index contributed by atoms with van der Waals surface area (Å²) < 4.78 is 10.7. The normalized spacial score (nSPS) is 11.9. The SMILES string of the molecule is CCN(C(=O)c1cnc(NCc2ccc3c(c2)OCO3)nc1)c1ccccc1. The number of nitrogens with one attached hydrogen (secondary N) is 1. The molecule has 1 N–H and O–H groups in total. The average Bonchev–Trinajstić information content (AvgIpc) is 3.22. The number of nitrogens with zero attached hydrogens (tertiary/aromatic N) is 3. The summed E-state index contributed by atoms with van der Waals surface area (Å²) in [5.41, 5.74) is 2.31. The molecule has 0 saturated carbocycles. The lowest BCUT2D eigenvalue weighted by Crippen LogP contribution is -2.30. The summed E-state index contributed by atoms with van der Waals surface area (Å²) >= 11 is 0. The molecule has 3 aromatic rings. The molecule has 2 heterocycles. The highest BCUT2D eigenvalue weighted by Crippen LogP contribution is 2.32. The van der Waals surface area contributed by atoms with Crippen LogP contribution in [0.25, 0.3) is 0 Å². The lowest BCUT2D eigenvalue weighted by atomic mass is 10.2. The molecule has 0 unspecified atom stereocenters. The molecule has 1 aliphatic heterocycles. The Hall–Kier alpha value is -3.61. The largest absolute Gasteiger partial charge is 0.454 e. The van der Waals surface area contributed by atoms with Gasteiger partial charge in [0.15, 0.2) is 11.5 Å². The van der Waals surface area contributed by atoms with E-state index in [0.717, 1.165) is 22.7 Å². The van der Waals surface area contributed by atoms with Crippen molar-refractivity contribution in [3.63, 3.8) is 0 Å². The fourth-order valence-electron chi connectivity index (χ4n) is 2.97. The van der Waals surface area contributed by atoms with Crippen molar-refractivity contribution < 1.29 is 14.3 Å². The highest BCUT2D eigenvalue weighted by atomic mass is 16.7. The van der Waals surface area contributed by atoms with Gasteiger partial charge in [0.2, 0.25) is 12.7 Å². The summed E-state index contributed by atoms with van der Waals surface area (Å²) in [7, 11) is 0. The van der Waals surface area contributed by atoms with Crippen LogP contribution in [0.5, 0.6) is 11.5 Å². The van der Waals surface area contributed by atoms with Crippen LogP contribution in [0.15, 0.2) is 60.9 Å². The molecule has 0 spiro atoms. The van der Waals surface area contributed by atoms with Crippen LogP contribution in [0.4, 0.5) is 11.6 Å². The maximum Gasteiger partial charge on any atom is 0.261 e. The Morgan fingerprint density at radius 2 is 1.82 bits per heavy atom. The van der Waals surface area contributed by atoms with Crippen LogP contribution in [0, 0.1) is 0 Å². The number of anilines is 2. The van der Waals surface area contributed by atoms with Crippen molar-refractivity contribution in [1.82, 2.24) is 9.97 Å². The Kier molecular flexibility index (Phi) is 5.05. The number of aromatic nitrogens is 2. The number of amides is 1. The second-order valence-corrected chi connectivity index (χ2v) is 6.22. The Morgan fingerprint density at radius 1 is 1.07 bits per heavy atom. The van der Waals surface area contributed by atoms with Crippen molar-refractivity contribution in [3.8, 4) is 11.5 Å². The molecule has 0 atom stereocenters. The molecule has 0 saturated heterocycles. The minimum absolute atomic E-state index is 0.129. The third-order valence-corrected chi connectivity index (χ3v) is 4.42. The zero-order valence-electron chi connectivity index (χ0n) is 15.5. The number of hydrogen-bond donors (Lipinski definition) is 1. The highest BCUT2D eigenvalue weighted by molar-refractivity contribution is 6.05. The van der Waals surface area contributed by atoms with Crippen molar-refractivity contribution in [2.75, 3.05) is 23.6 Å². The number of ether oxygens (including phenoxy) is 2. The second-order valence-electron chi connectivity index (χ2n) is 6.22. The van der Waals surface area contributed by atoms with Crippen molar-refractivity contribution in [2.45, 2.75) is 13.5 Å². The lowest BCUT2D eigenvalue weighted by molar-refractivity contribution is 0.0987. The van der Waals surface area contributed by atoms with E-state index < -0.39 is 0 Å². The Labute approximate surface area is 163 Å². The average molecular weight is 376 g/mol. The maximum atomic E-state index is 12.8. The number of benzene rings is 2. The summed E-state index contributed by atoms with van der Waals surface area (Å²) in [6, 6.07) is 15.3. The van der Waals surface area contributed by atoms with Gasteiger partial charge in [0.1, 0.15) is 0 Å². The number of rotatable bonds is 6. The van der Waals surface area contributed by atoms with Crippen LogP contribution in [0.1, 0.15) is 22.8 Å². The minimum atomic E-state index is -0.129. The zero-order chi connectivity index (χ0) is 19.3. The number of carbonyl (C=O) groups is 1. The summed E-state index contributed by atoms with van der Waals surface area (Å²) in [5.74, 6) is 1.82. The quantitative estimate of drug-likeness (QED) is 0.710. The van der Waals surface area contributed by atoms with E-state index in [-0.39, 0.29) is 12.7 Å². The van der Waals surface area contributed by atoms with Crippen LogP contribution in [0.2, 0.25) is 0 Å². The molecule has 1 aliphatic rings. The van der Waals surface area contributed by atoms with Crippen LogP contribution in [0.3, 0.4) is 0 Å². The molecule has 28 heavy (non-hydrogen) atoms. The van der Waals surface area contributed by atoms with Gasteiger partial charge in [-0.1, -0.05) is 24.3 Å². The van der Waals surface area contributed by atoms with Crippen LogP contribution >= 0.6 is 0 Å². The molecule has 1 aromatic heterocycles. The standard InChI is InChI=1S/C21H20N4O3/c1-2-25(17-6-4-3-5-7-17)20(26)16-12-23-21(24-13-16)22-11-15-8-9-18-19(10-15)28-14-27-18/h3-10,12-13H,2,11,14H2,1H3,(H,22,23,24). The van der Waals surface area contributed by atoms with Crippen LogP contribution in [-0.2, 0) is 6.54 Å². The molecular formula is C21H20N4O3. The highest BCUT2D eigenvalue weighted by Gasteiger charge is 2.17. The summed E-state index contributed by atoms with van der Waals surface area (Å²) in [6.45, 7) is 3.29. The van der Waals surface area contributed by atoms with Crippen molar-refractivity contribution >= 4 is 17.5 Å². The molecule has 7 heteroatoms. The monoisotopic (exact) mass is 376 g/mol. The third kappa shape index (κ3) is 3.73. The predicted octanol–water partition coefficient (Wildman–Crippen LogP) is 3.48. The number of carbonyl (C=O) groups excluding carboxylic acids is 1. The number of hydrogen-bond acceptors (Lipinski definition) is 6. The van der Waals surface area contributed by atoms with Gasteiger partial charge in [0.25, 0.3) is 5.91 Å². The van der Waals surface area contributed by atoms with E-state index >= 15 is 0 Å². The molecule has 0 bridgehead atoms. The fourth-order valence-corrected chi connectivity index (χ4v) is 2.97. The van der Waals surface area contributed by atoms with Gasteiger partial charge in [-0.2, -0.15) is 0 Å². The first-order chi connectivity index (χ1) is 13.7. The van der Waals surface area contributed by atoms with E-state index in [0.29, 0.717) is 24.6 Å². The van der Waals surface area contributed by atoms with Crippen molar-refractivity contribution in [2.24, 2.45) is 0 Å². The van der Waals surface area contributed by atoms with Gasteiger partial charge in [-0.15, -0.1) is 0 Å². The molecule has 0 aliphatic carbocycles. The molecule has 1 amide bonds. The van der Waals surface area contributed by atoms with E-state index in [4.69, 9.17) is 9.47 Å². The summed E-state index contributed by atoms with van der Waals surface area (Å²) in [6.07, 6.45) is 3.09. The third-order valence-electron chi connectivity index (χ3n) is 4.42. The van der Waals surface area contributed by atoms with Crippen molar-refractivity contribution in [3.05, 3.63) is 72.1 Å². The topological polar surface area (TPSA) is 76.6 Å². The molecule has 0 fully saturated rings. The molecule has 0 radical (unpaired) electrons. The summed E-state index contributed by atoms with van der Waals surface area (Å²) in [5, 5.41) is 3.15. The molecular weight excluding hydrogens is 356 g/mol. The van der Waals surface area contributed by atoms with Crippen molar-refractivity contribution in [1.29, 1.82) is 0 Å². The fraction of sp³-hybridized carbons (Fsp3) is 0.190. The predicted molar refractivity (Wildman–Crippen MR) is 106 cm³/mol. The van der Waals surface area contributed by atoms with Gasteiger partial charge in [-0.05, 0) is 36.8 Å². The van der Waals surface area contributed by atoms with Crippen LogP contribution < -0.4 is 19.7 Å². The van der Waals surface area contributed by atoms with E-state index in [1.54, 1.807) is 17.3 Å². The van der Waals surface area contributed by atoms with E-state index in [1.807, 2.05) is 55.5 Å². The van der Waals surface area contributed by atoms with E-state index in [2.05, 4.69) is 15.3 Å². The van der Waals surface area contributed by atoms with Gasteiger partial charge in [-0.3, -0.25) is 4.79 Å². The number of fused-ring (bicyclic) bond motifs is 1. The molecule has 142 valence electrons.